The zero-order valence-electron chi connectivity index (χ0n) is 18.3. The first-order chi connectivity index (χ1) is 16.7. The van der Waals surface area contributed by atoms with Crippen LogP contribution >= 0.6 is 11.6 Å². The van der Waals surface area contributed by atoms with E-state index in [9.17, 15) is 0 Å². The second-order valence-electron chi connectivity index (χ2n) is 8.49. The Morgan fingerprint density at radius 2 is 1.41 bits per heavy atom. The van der Waals surface area contributed by atoms with Crippen molar-refractivity contribution in [3.05, 3.63) is 102 Å². The third-order valence-electron chi connectivity index (χ3n) is 6.47. The van der Waals surface area contributed by atoms with E-state index in [1.165, 1.54) is 21.8 Å². The van der Waals surface area contributed by atoms with Crippen molar-refractivity contribution >= 4 is 55.5 Å². The van der Waals surface area contributed by atoms with Crippen LogP contribution in [0.3, 0.4) is 0 Å². The third kappa shape index (κ3) is 2.79. The van der Waals surface area contributed by atoms with Gasteiger partial charge in [0, 0.05) is 21.8 Å². The highest BCUT2D eigenvalue weighted by Crippen LogP contribution is 2.37. The summed E-state index contributed by atoms with van der Waals surface area (Å²) < 4.78 is 8.34. The Morgan fingerprint density at radius 3 is 2.26 bits per heavy atom. The molecule has 0 saturated carbocycles. The first kappa shape index (κ1) is 19.3. The molecular formula is C29H18ClN3O. The van der Waals surface area contributed by atoms with Crippen LogP contribution in [0.5, 0.6) is 0 Å². The Morgan fingerprint density at radius 1 is 0.706 bits per heavy atom. The number of nitrogens with zero attached hydrogens (tertiary/aromatic N) is 3. The molecule has 0 aliphatic rings. The molecule has 4 nitrogen and oxygen atoms in total. The zero-order valence-corrected chi connectivity index (χ0v) is 19.0. The van der Waals surface area contributed by atoms with Crippen molar-refractivity contribution in [3.63, 3.8) is 0 Å². The van der Waals surface area contributed by atoms with Gasteiger partial charge in [0.1, 0.15) is 11.1 Å². The van der Waals surface area contributed by atoms with E-state index in [0.717, 1.165) is 39.0 Å². The summed E-state index contributed by atoms with van der Waals surface area (Å²) in [7, 11) is 0. The van der Waals surface area contributed by atoms with Crippen molar-refractivity contribution in [1.82, 2.24) is 14.5 Å². The summed E-state index contributed by atoms with van der Waals surface area (Å²) in [5.41, 5.74) is 8.70. The molecule has 7 aromatic rings. The number of aromatic nitrogens is 3. The first-order valence-electron chi connectivity index (χ1n) is 11.1. The van der Waals surface area contributed by atoms with Crippen molar-refractivity contribution < 1.29 is 4.42 Å². The van der Waals surface area contributed by atoms with Crippen LogP contribution in [-0.4, -0.2) is 14.5 Å². The summed E-state index contributed by atoms with van der Waals surface area (Å²) in [5.74, 6) is 0. The van der Waals surface area contributed by atoms with E-state index < -0.39 is 0 Å². The molecule has 0 bridgehead atoms. The third-order valence-corrected chi connectivity index (χ3v) is 6.64. The average molecular weight is 460 g/mol. The van der Waals surface area contributed by atoms with Gasteiger partial charge in [0.2, 0.25) is 5.28 Å². The second kappa shape index (κ2) is 7.17. The number of benzene rings is 4. The van der Waals surface area contributed by atoms with Gasteiger partial charge in [-0.3, -0.25) is 0 Å². The lowest BCUT2D eigenvalue weighted by atomic mass is 10.0. The van der Waals surface area contributed by atoms with Gasteiger partial charge in [-0.25, -0.2) is 9.97 Å². The van der Waals surface area contributed by atoms with Crippen LogP contribution in [0.25, 0.3) is 60.7 Å². The molecule has 0 amide bonds. The molecule has 3 heterocycles. The van der Waals surface area contributed by atoms with Crippen molar-refractivity contribution in [1.29, 1.82) is 0 Å². The molecule has 0 spiro atoms. The molecule has 0 saturated heterocycles. The Balaban J connectivity index is 1.48. The maximum Gasteiger partial charge on any atom is 0.223 e. The first-order valence-corrected chi connectivity index (χ1v) is 11.5. The molecule has 0 unspecified atom stereocenters. The van der Waals surface area contributed by atoms with Crippen molar-refractivity contribution in [2.75, 3.05) is 0 Å². The Labute approximate surface area is 200 Å². The van der Waals surface area contributed by atoms with Crippen LogP contribution in [0.1, 0.15) is 5.69 Å². The molecule has 0 fully saturated rings. The van der Waals surface area contributed by atoms with Gasteiger partial charge in [-0.15, -0.1) is 0 Å². The molecule has 0 aliphatic carbocycles. The summed E-state index contributed by atoms with van der Waals surface area (Å²) in [6, 6.07) is 31.9. The maximum atomic E-state index is 6.15. The summed E-state index contributed by atoms with van der Waals surface area (Å²) in [4.78, 5) is 8.67. The average Bonchev–Trinajstić information content (AvgIpc) is 3.40. The summed E-state index contributed by atoms with van der Waals surface area (Å²) in [6.07, 6.45) is 0. The van der Waals surface area contributed by atoms with Crippen LogP contribution in [0.2, 0.25) is 5.28 Å². The second-order valence-corrected chi connectivity index (χ2v) is 8.83. The minimum atomic E-state index is 0.230. The molecular weight excluding hydrogens is 442 g/mol. The maximum absolute atomic E-state index is 6.15. The number of furan rings is 1. The summed E-state index contributed by atoms with van der Waals surface area (Å²) >= 11 is 6.15. The SMILES string of the molecule is Cc1nc(Cl)nc2c1oc1ccc(-c3ccc4c(c3)c3ccccc3n4-c3ccccc3)cc12. The number of fused-ring (bicyclic) bond motifs is 6. The molecule has 0 radical (unpaired) electrons. The van der Waals surface area contributed by atoms with Gasteiger partial charge in [-0.05, 0) is 72.1 Å². The molecule has 0 atom stereocenters. The molecule has 3 aromatic heterocycles. The smallest absolute Gasteiger partial charge is 0.223 e. The quantitative estimate of drug-likeness (QED) is 0.245. The van der Waals surface area contributed by atoms with Gasteiger partial charge in [-0.1, -0.05) is 48.5 Å². The van der Waals surface area contributed by atoms with E-state index in [-0.39, 0.29) is 5.28 Å². The van der Waals surface area contributed by atoms with Gasteiger partial charge in [-0.2, -0.15) is 0 Å². The molecule has 162 valence electrons. The Kier molecular flexibility index (Phi) is 4.08. The molecule has 5 heteroatoms. The fourth-order valence-electron chi connectivity index (χ4n) is 4.93. The van der Waals surface area contributed by atoms with E-state index in [4.69, 9.17) is 16.0 Å². The number of halogens is 1. The molecule has 34 heavy (non-hydrogen) atoms. The fourth-order valence-corrected chi connectivity index (χ4v) is 5.15. The Bertz CT molecular complexity index is 1880. The van der Waals surface area contributed by atoms with Gasteiger partial charge < -0.3 is 8.98 Å². The van der Waals surface area contributed by atoms with Crippen LogP contribution in [0.15, 0.2) is 95.4 Å². The van der Waals surface area contributed by atoms with Gasteiger partial charge in [0.25, 0.3) is 0 Å². The predicted molar refractivity (Wildman–Crippen MR) is 139 cm³/mol. The normalized spacial score (nSPS) is 11.8. The zero-order chi connectivity index (χ0) is 22.8. The lowest BCUT2D eigenvalue weighted by Gasteiger charge is -2.08. The van der Waals surface area contributed by atoms with Crippen molar-refractivity contribution in [2.45, 2.75) is 6.92 Å². The van der Waals surface area contributed by atoms with Gasteiger partial charge >= 0.3 is 0 Å². The lowest BCUT2D eigenvalue weighted by Crippen LogP contribution is -1.92. The van der Waals surface area contributed by atoms with E-state index in [2.05, 4.69) is 93.4 Å². The number of rotatable bonds is 2. The topological polar surface area (TPSA) is 43.9 Å². The minimum Gasteiger partial charge on any atom is -0.452 e. The molecule has 4 aromatic carbocycles. The van der Waals surface area contributed by atoms with E-state index in [0.29, 0.717) is 5.58 Å². The van der Waals surface area contributed by atoms with Crippen molar-refractivity contribution in [2.24, 2.45) is 0 Å². The summed E-state index contributed by atoms with van der Waals surface area (Å²) in [6.45, 7) is 1.88. The Hall–Kier alpha value is -4.15. The monoisotopic (exact) mass is 459 g/mol. The van der Waals surface area contributed by atoms with Crippen LogP contribution in [0.4, 0.5) is 0 Å². The number of hydrogen-bond acceptors (Lipinski definition) is 3. The molecule has 7 rings (SSSR count). The number of hydrogen-bond donors (Lipinski definition) is 0. The van der Waals surface area contributed by atoms with E-state index >= 15 is 0 Å². The standard InChI is InChI=1S/C29H18ClN3O/c1-17-28-27(32-29(30)31-17)23-16-19(12-14-26(23)34-28)18-11-13-25-22(15-18)21-9-5-6-10-24(21)33(25)20-7-3-2-4-8-20/h2-16H,1H3. The van der Waals surface area contributed by atoms with Crippen molar-refractivity contribution in [3.8, 4) is 16.8 Å². The van der Waals surface area contributed by atoms with Crippen LogP contribution < -0.4 is 0 Å². The van der Waals surface area contributed by atoms with E-state index in [1.807, 2.05) is 19.1 Å². The van der Waals surface area contributed by atoms with Gasteiger partial charge in [0.15, 0.2) is 5.58 Å². The highest BCUT2D eigenvalue weighted by molar-refractivity contribution is 6.28. The number of para-hydroxylation sites is 2. The predicted octanol–water partition coefficient (Wildman–Crippen LogP) is 8.10. The molecule has 0 aliphatic heterocycles. The van der Waals surface area contributed by atoms with Crippen LogP contribution in [0, 0.1) is 6.92 Å². The largest absolute Gasteiger partial charge is 0.452 e. The lowest BCUT2D eigenvalue weighted by molar-refractivity contribution is 0.661. The number of aryl methyl sites for hydroxylation is 1. The highest BCUT2D eigenvalue weighted by Gasteiger charge is 2.16. The fraction of sp³-hybridized carbons (Fsp3) is 0.0345. The van der Waals surface area contributed by atoms with Crippen LogP contribution in [-0.2, 0) is 0 Å². The summed E-state index contributed by atoms with van der Waals surface area (Å²) in [5, 5.41) is 3.61. The minimum absolute atomic E-state index is 0.230. The van der Waals surface area contributed by atoms with E-state index in [1.54, 1.807) is 0 Å². The van der Waals surface area contributed by atoms with Gasteiger partial charge in [0.05, 0.1) is 16.7 Å². The molecule has 0 N–H and O–H groups in total. The highest BCUT2D eigenvalue weighted by atomic mass is 35.5.